The Labute approximate surface area is 121 Å². The molecule has 0 fully saturated rings. The number of thioether (sulfide) groups is 1. The zero-order valence-electron chi connectivity index (χ0n) is 10.4. The third-order valence-corrected chi connectivity index (χ3v) is 3.92. The van der Waals surface area contributed by atoms with Crippen molar-refractivity contribution in [2.75, 3.05) is 5.75 Å². The van der Waals surface area contributed by atoms with Crippen molar-refractivity contribution in [3.63, 3.8) is 0 Å². The summed E-state index contributed by atoms with van der Waals surface area (Å²) in [7, 11) is 0. The van der Waals surface area contributed by atoms with Crippen molar-refractivity contribution in [2.45, 2.75) is 11.8 Å². The number of carbonyl (C=O) groups is 1. The second kappa shape index (κ2) is 6.13. The lowest BCUT2D eigenvalue weighted by Gasteiger charge is -2.06. The average Bonchev–Trinajstić information content (AvgIpc) is 2.40. The van der Waals surface area contributed by atoms with Crippen molar-refractivity contribution >= 4 is 29.3 Å². The van der Waals surface area contributed by atoms with Gasteiger partial charge in [-0.1, -0.05) is 36.7 Å². The van der Waals surface area contributed by atoms with Crippen molar-refractivity contribution in [3.05, 3.63) is 53.1 Å². The number of carboxylic acids is 1. The Kier molecular flexibility index (Phi) is 4.51. The molecule has 0 unspecified atom stereocenters. The van der Waals surface area contributed by atoms with E-state index < -0.39 is 5.97 Å². The van der Waals surface area contributed by atoms with E-state index in [0.717, 1.165) is 16.9 Å². The second-order valence-corrected chi connectivity index (χ2v) is 5.70. The molecule has 0 aliphatic heterocycles. The Morgan fingerprint density at radius 3 is 2.37 bits per heavy atom. The molecule has 2 aromatic rings. The van der Waals surface area contributed by atoms with Gasteiger partial charge in [0.15, 0.2) is 0 Å². The molecule has 0 aliphatic carbocycles. The van der Waals surface area contributed by atoms with Crippen LogP contribution in [0, 0.1) is 0 Å². The Hall–Kier alpha value is -1.45. The molecular weight excluding hydrogens is 280 g/mol. The van der Waals surface area contributed by atoms with E-state index in [4.69, 9.17) is 16.7 Å². The van der Waals surface area contributed by atoms with Gasteiger partial charge >= 0.3 is 5.97 Å². The highest BCUT2D eigenvalue weighted by molar-refractivity contribution is 7.99. The molecule has 0 saturated carbocycles. The van der Waals surface area contributed by atoms with Gasteiger partial charge in [0.2, 0.25) is 0 Å². The zero-order valence-corrected chi connectivity index (χ0v) is 12.0. The zero-order chi connectivity index (χ0) is 13.8. The molecule has 0 bridgehead atoms. The number of benzene rings is 2. The van der Waals surface area contributed by atoms with Gasteiger partial charge in [-0.15, -0.1) is 11.8 Å². The maximum atomic E-state index is 11.1. The molecule has 2 aromatic carbocycles. The largest absolute Gasteiger partial charge is 0.478 e. The van der Waals surface area contributed by atoms with Crippen LogP contribution in [-0.2, 0) is 0 Å². The number of aromatic carboxylic acids is 1. The molecule has 19 heavy (non-hydrogen) atoms. The molecule has 0 heterocycles. The predicted octanol–water partition coefficient (Wildman–Crippen LogP) is 4.82. The van der Waals surface area contributed by atoms with Gasteiger partial charge in [0.25, 0.3) is 0 Å². The first-order valence-electron chi connectivity index (χ1n) is 5.88. The number of hydrogen-bond donors (Lipinski definition) is 1. The van der Waals surface area contributed by atoms with Crippen molar-refractivity contribution < 1.29 is 9.90 Å². The van der Waals surface area contributed by atoms with E-state index in [1.807, 2.05) is 30.3 Å². The minimum absolute atomic E-state index is 0.131. The van der Waals surface area contributed by atoms with Gasteiger partial charge in [0.05, 0.1) is 10.6 Å². The summed E-state index contributed by atoms with van der Waals surface area (Å²) in [5, 5.41) is 9.32. The van der Waals surface area contributed by atoms with Crippen LogP contribution < -0.4 is 0 Å². The smallest absolute Gasteiger partial charge is 0.337 e. The molecule has 98 valence electrons. The van der Waals surface area contributed by atoms with Crippen LogP contribution in [0.25, 0.3) is 11.1 Å². The molecule has 0 aromatic heterocycles. The Morgan fingerprint density at radius 1 is 1.16 bits per heavy atom. The fourth-order valence-electron chi connectivity index (χ4n) is 1.78. The summed E-state index contributed by atoms with van der Waals surface area (Å²) in [6, 6.07) is 13.1. The number of carboxylic acid groups (broad SMARTS) is 1. The fraction of sp³-hybridized carbons (Fsp3) is 0.133. The first kappa shape index (κ1) is 14.0. The van der Waals surface area contributed by atoms with Crippen molar-refractivity contribution in [1.82, 2.24) is 0 Å². The number of halogens is 1. The van der Waals surface area contributed by atoms with Gasteiger partial charge in [-0.05, 0) is 41.1 Å². The summed E-state index contributed by atoms with van der Waals surface area (Å²) in [5.41, 5.74) is 1.97. The summed E-state index contributed by atoms with van der Waals surface area (Å²) in [6.07, 6.45) is 0. The summed E-state index contributed by atoms with van der Waals surface area (Å²) < 4.78 is 0. The summed E-state index contributed by atoms with van der Waals surface area (Å²) in [5.74, 6) is 0.0220. The number of rotatable bonds is 4. The lowest BCUT2D eigenvalue weighted by Crippen LogP contribution is -1.97. The molecular formula is C15H13ClO2S. The topological polar surface area (TPSA) is 37.3 Å². The normalized spacial score (nSPS) is 10.4. The minimum Gasteiger partial charge on any atom is -0.478 e. The monoisotopic (exact) mass is 292 g/mol. The number of hydrogen-bond acceptors (Lipinski definition) is 2. The van der Waals surface area contributed by atoms with Crippen LogP contribution in [-0.4, -0.2) is 16.8 Å². The highest BCUT2D eigenvalue weighted by Crippen LogP contribution is 2.27. The standard InChI is InChI=1S/C15H13ClO2S/c1-2-19-12-6-3-10(4-7-12)11-5-8-14(16)13(9-11)15(17)18/h3-9H,2H2,1H3,(H,17,18). The predicted molar refractivity (Wildman–Crippen MR) is 80.2 cm³/mol. The van der Waals surface area contributed by atoms with Crippen LogP contribution in [0.4, 0.5) is 0 Å². The van der Waals surface area contributed by atoms with E-state index in [1.165, 1.54) is 4.90 Å². The van der Waals surface area contributed by atoms with Crippen molar-refractivity contribution in [2.24, 2.45) is 0 Å². The van der Waals surface area contributed by atoms with E-state index in [0.29, 0.717) is 0 Å². The van der Waals surface area contributed by atoms with E-state index in [2.05, 4.69) is 6.92 Å². The third kappa shape index (κ3) is 3.31. The molecule has 0 saturated heterocycles. The molecule has 0 radical (unpaired) electrons. The lowest BCUT2D eigenvalue weighted by atomic mass is 10.0. The van der Waals surface area contributed by atoms with Gasteiger partial charge in [0.1, 0.15) is 0 Å². The Balaban J connectivity index is 2.36. The molecule has 0 amide bonds. The van der Waals surface area contributed by atoms with Crippen LogP contribution in [0.1, 0.15) is 17.3 Å². The molecule has 2 nitrogen and oxygen atoms in total. The molecule has 1 N–H and O–H groups in total. The maximum absolute atomic E-state index is 11.1. The minimum atomic E-state index is -1.01. The van der Waals surface area contributed by atoms with Gasteiger partial charge in [-0.25, -0.2) is 4.79 Å². The molecule has 0 spiro atoms. The second-order valence-electron chi connectivity index (χ2n) is 3.96. The van der Waals surface area contributed by atoms with Crippen LogP contribution in [0.5, 0.6) is 0 Å². The van der Waals surface area contributed by atoms with E-state index >= 15 is 0 Å². The first-order valence-corrected chi connectivity index (χ1v) is 7.24. The van der Waals surface area contributed by atoms with Crippen molar-refractivity contribution in [1.29, 1.82) is 0 Å². The van der Waals surface area contributed by atoms with E-state index in [9.17, 15) is 4.79 Å². The molecule has 4 heteroatoms. The fourth-order valence-corrected chi connectivity index (χ4v) is 2.64. The Morgan fingerprint density at radius 2 is 1.79 bits per heavy atom. The highest BCUT2D eigenvalue weighted by Gasteiger charge is 2.10. The van der Waals surface area contributed by atoms with E-state index in [1.54, 1.807) is 23.9 Å². The summed E-state index contributed by atoms with van der Waals surface area (Å²) in [4.78, 5) is 12.3. The van der Waals surface area contributed by atoms with Crippen LogP contribution in [0.2, 0.25) is 5.02 Å². The molecule has 2 rings (SSSR count). The molecule has 0 aliphatic rings. The van der Waals surface area contributed by atoms with Crippen LogP contribution >= 0.6 is 23.4 Å². The third-order valence-electron chi connectivity index (χ3n) is 2.70. The quantitative estimate of drug-likeness (QED) is 0.821. The lowest BCUT2D eigenvalue weighted by molar-refractivity contribution is 0.0697. The summed E-state index contributed by atoms with van der Waals surface area (Å²) in [6.45, 7) is 2.11. The molecule has 0 atom stereocenters. The van der Waals surface area contributed by atoms with Gasteiger partial charge in [-0.3, -0.25) is 0 Å². The maximum Gasteiger partial charge on any atom is 0.337 e. The summed E-state index contributed by atoms with van der Waals surface area (Å²) >= 11 is 7.64. The first-order chi connectivity index (χ1) is 9.11. The van der Waals surface area contributed by atoms with E-state index in [-0.39, 0.29) is 10.6 Å². The van der Waals surface area contributed by atoms with Gasteiger partial charge < -0.3 is 5.11 Å². The SMILES string of the molecule is CCSc1ccc(-c2ccc(Cl)c(C(=O)O)c2)cc1. The van der Waals surface area contributed by atoms with Crippen LogP contribution in [0.3, 0.4) is 0 Å². The van der Waals surface area contributed by atoms with Crippen molar-refractivity contribution in [3.8, 4) is 11.1 Å². The Bertz CT molecular complexity index is 594. The average molecular weight is 293 g/mol. The van der Waals surface area contributed by atoms with Gasteiger partial charge in [-0.2, -0.15) is 0 Å². The highest BCUT2D eigenvalue weighted by atomic mass is 35.5. The van der Waals surface area contributed by atoms with Gasteiger partial charge in [0, 0.05) is 4.90 Å². The van der Waals surface area contributed by atoms with Crippen LogP contribution in [0.15, 0.2) is 47.4 Å².